The van der Waals surface area contributed by atoms with E-state index >= 15 is 9.59 Å². The first kappa shape index (κ1) is 64.1. The summed E-state index contributed by atoms with van der Waals surface area (Å²) in [6.45, 7) is 10.9. The number of hydrogen-bond donors (Lipinski definition) is 4. The summed E-state index contributed by atoms with van der Waals surface area (Å²) in [5.41, 5.74) is -7.93. The number of Topliss-reactive ketones (excluding diaryl/α,β-unsaturated/α-hetero) is 3. The molecule has 1 heterocycles. The number of aliphatic hydroxyl groups is 2. The third-order valence-corrected chi connectivity index (χ3v) is 17.4. The molecule has 12 atom stereocenters. The fourth-order valence-corrected chi connectivity index (χ4v) is 12.4. The molecule has 3 aromatic carbocycles. The van der Waals surface area contributed by atoms with E-state index in [2.05, 4.69) is 10.6 Å². The van der Waals surface area contributed by atoms with Crippen molar-refractivity contribution < 1.29 is 86.6 Å². The third-order valence-electron chi connectivity index (χ3n) is 17.4. The van der Waals surface area contributed by atoms with E-state index < -0.39 is 131 Å². The van der Waals surface area contributed by atoms with Crippen LogP contribution in [-0.2, 0) is 66.8 Å². The van der Waals surface area contributed by atoms with Crippen LogP contribution >= 0.6 is 0 Å². The van der Waals surface area contributed by atoms with E-state index in [1.165, 1.54) is 59.0 Å². The zero-order valence-corrected chi connectivity index (χ0v) is 49.0. The SMILES string of the molecule is CC(=O)O[C@H]1C(=O)[C@@]2(C)[C@H]([C@H](OC(=O)c3ccccc3)[C@]3(O)C[C@H](OC(=O)[C@H](OC(=O)CN(C)C(=O)CCC(=O)CNCCCC[C@@H](C)C(C)=O)[C@@H](NC(=O)c4ccccc4)c4ccccc4)C(C)=C1C3(C)C)[C@]1(OC(C)=O)CO[C@@H]1C[C@@H]2O. The van der Waals surface area contributed by atoms with Crippen LogP contribution in [0.5, 0.6) is 0 Å². The van der Waals surface area contributed by atoms with Crippen LogP contribution in [0.25, 0.3) is 0 Å². The lowest BCUT2D eigenvalue weighted by Crippen LogP contribution is -2.82. The average Bonchev–Trinajstić information content (AvgIpc) is 0.711. The van der Waals surface area contributed by atoms with Crippen molar-refractivity contribution in [1.82, 2.24) is 15.5 Å². The highest BCUT2D eigenvalue weighted by atomic mass is 16.6. The van der Waals surface area contributed by atoms with Crippen LogP contribution in [0.15, 0.2) is 102 Å². The number of nitrogens with one attached hydrogen (secondary N) is 2. The van der Waals surface area contributed by atoms with E-state index in [1.54, 1.807) is 73.7 Å². The number of amides is 2. The molecule has 21 heteroatoms. The van der Waals surface area contributed by atoms with Crippen molar-refractivity contribution >= 4 is 59.0 Å². The summed E-state index contributed by atoms with van der Waals surface area (Å²) in [4.78, 5) is 140. The van der Waals surface area contributed by atoms with Crippen molar-refractivity contribution in [3.05, 3.63) is 119 Å². The van der Waals surface area contributed by atoms with Crippen LogP contribution in [0.3, 0.4) is 0 Å². The molecule has 3 aliphatic carbocycles. The zero-order chi connectivity index (χ0) is 61.5. The van der Waals surface area contributed by atoms with E-state index in [-0.39, 0.29) is 77.7 Å². The predicted molar refractivity (Wildman–Crippen MR) is 300 cm³/mol. The van der Waals surface area contributed by atoms with E-state index in [4.69, 9.17) is 28.4 Å². The molecular formula is C63H77N3O18. The number of esters is 5. The molecule has 3 fully saturated rings. The number of fused-ring (bicyclic) bond motifs is 5. The minimum absolute atomic E-state index is 0.000491. The van der Waals surface area contributed by atoms with E-state index in [0.717, 1.165) is 38.0 Å². The molecule has 452 valence electrons. The van der Waals surface area contributed by atoms with Gasteiger partial charge >= 0.3 is 29.8 Å². The molecule has 2 saturated carbocycles. The van der Waals surface area contributed by atoms with Crippen LogP contribution in [0, 0.1) is 22.7 Å². The van der Waals surface area contributed by atoms with E-state index in [9.17, 15) is 48.6 Å². The highest BCUT2D eigenvalue weighted by molar-refractivity contribution is 5.97. The number of carbonyl (C=O) groups is 10. The van der Waals surface area contributed by atoms with Crippen LogP contribution in [0.1, 0.15) is 133 Å². The van der Waals surface area contributed by atoms with Gasteiger partial charge in [0.25, 0.3) is 5.91 Å². The van der Waals surface area contributed by atoms with Crippen LogP contribution < -0.4 is 10.6 Å². The lowest BCUT2D eigenvalue weighted by atomic mass is 9.44. The molecule has 84 heavy (non-hydrogen) atoms. The molecule has 2 amide bonds. The van der Waals surface area contributed by atoms with E-state index in [0.29, 0.717) is 6.54 Å². The summed E-state index contributed by atoms with van der Waals surface area (Å²) in [7, 11) is 1.31. The van der Waals surface area contributed by atoms with Gasteiger partial charge in [0.2, 0.25) is 12.0 Å². The van der Waals surface area contributed by atoms with Gasteiger partial charge in [-0.15, -0.1) is 0 Å². The Morgan fingerprint density at radius 1 is 0.810 bits per heavy atom. The topological polar surface area (TPSA) is 294 Å². The molecular weight excluding hydrogens is 1090 g/mol. The van der Waals surface area contributed by atoms with Crippen molar-refractivity contribution in [2.24, 2.45) is 22.7 Å². The van der Waals surface area contributed by atoms with Gasteiger partial charge in [0, 0.05) is 63.5 Å². The smallest absolute Gasteiger partial charge is 0.350 e. The van der Waals surface area contributed by atoms with Gasteiger partial charge in [0.05, 0.1) is 36.2 Å². The maximum Gasteiger partial charge on any atom is 0.350 e. The number of hydrogen-bond acceptors (Lipinski definition) is 19. The van der Waals surface area contributed by atoms with Crippen LogP contribution in [0.2, 0.25) is 0 Å². The molecule has 21 nitrogen and oxygen atoms in total. The molecule has 4 aliphatic rings. The standard InChI is InChI=1S/C63H77N3O18/c1-36(38(3)67)21-19-20-30-64-33-44(70)28-29-48(72)66(9)34-49(73)82-53(51(41-22-13-10-14-23-41)65-57(75)42-24-15-11-16-25-42)59(77)81-45-32-63(78)56(83-58(76)43-26-17-12-18-27-43)54-61(8,46(71)31-47-62(54,35-79-47)84-40(5)69)55(74)52(80-39(4)68)50(37(45)2)60(63,6)7/h10-18,22-27,36,45-47,51-54,56,64,71,78H,19-21,28-35H2,1-9H3,(H,65,75)/t36-,45+,46+,47-,51+,52-,53-,54+,56+,61-,62+,63-/m1/s1. The Bertz CT molecular complexity index is 3000. The number of nitrogens with zero attached hydrogens (tertiary/aromatic N) is 1. The summed E-state index contributed by atoms with van der Waals surface area (Å²) in [5, 5.41) is 32.2. The Morgan fingerprint density at radius 2 is 1.43 bits per heavy atom. The number of aliphatic hydroxyl groups excluding tert-OH is 1. The second-order valence-electron chi connectivity index (χ2n) is 23.3. The number of likely N-dealkylation sites (N-methyl/N-ethyl adjacent to an activating group) is 1. The Labute approximate surface area is 488 Å². The van der Waals surface area contributed by atoms with Gasteiger partial charge in [-0.05, 0) is 81.1 Å². The van der Waals surface area contributed by atoms with Crippen LogP contribution in [-0.4, -0.2) is 155 Å². The van der Waals surface area contributed by atoms with Gasteiger partial charge in [-0.1, -0.05) is 93.9 Å². The molecule has 3 aromatic rings. The first-order valence-corrected chi connectivity index (χ1v) is 28.4. The Kier molecular flexibility index (Phi) is 20.3. The highest BCUT2D eigenvalue weighted by Gasteiger charge is 2.78. The second kappa shape index (κ2) is 26.6. The predicted octanol–water partition coefficient (Wildman–Crippen LogP) is 5.08. The van der Waals surface area contributed by atoms with Crippen molar-refractivity contribution in [2.45, 2.75) is 154 Å². The summed E-state index contributed by atoms with van der Waals surface area (Å²) in [6, 6.07) is 22.2. The van der Waals surface area contributed by atoms with Crippen molar-refractivity contribution in [3.63, 3.8) is 0 Å². The normalized spacial score (nSPS) is 26.8. The maximum atomic E-state index is 15.8. The molecule has 1 saturated heterocycles. The summed E-state index contributed by atoms with van der Waals surface area (Å²) in [6.07, 6.45) is -9.46. The lowest BCUT2D eigenvalue weighted by molar-refractivity contribution is -0.346. The molecule has 7 rings (SSSR count). The van der Waals surface area contributed by atoms with Crippen LogP contribution in [0.4, 0.5) is 0 Å². The Hall–Kier alpha value is -7.46. The van der Waals surface area contributed by atoms with Crippen molar-refractivity contribution in [1.29, 1.82) is 0 Å². The van der Waals surface area contributed by atoms with Crippen molar-refractivity contribution in [2.75, 3.05) is 33.3 Å². The number of unbranched alkanes of at least 4 members (excludes halogenated alkanes) is 1. The first-order valence-electron chi connectivity index (χ1n) is 28.4. The zero-order valence-electron chi connectivity index (χ0n) is 49.0. The minimum Gasteiger partial charge on any atom is -0.455 e. The molecule has 1 aliphatic heterocycles. The van der Waals surface area contributed by atoms with Gasteiger partial charge < -0.3 is 54.2 Å². The van der Waals surface area contributed by atoms with Gasteiger partial charge in [0.15, 0.2) is 17.5 Å². The number of ether oxygens (including phenoxy) is 6. The number of rotatable bonds is 24. The summed E-state index contributed by atoms with van der Waals surface area (Å²) in [5.74, 6) is -9.31. The van der Waals surface area contributed by atoms with Crippen molar-refractivity contribution in [3.8, 4) is 0 Å². The number of carbonyl (C=O) groups excluding carboxylic acids is 10. The molecule has 0 aromatic heterocycles. The molecule has 2 bridgehead atoms. The largest absolute Gasteiger partial charge is 0.455 e. The van der Waals surface area contributed by atoms with Gasteiger partial charge in [-0.3, -0.25) is 38.4 Å². The lowest BCUT2D eigenvalue weighted by Gasteiger charge is -2.67. The fourth-order valence-electron chi connectivity index (χ4n) is 12.4. The minimum atomic E-state index is -2.53. The fraction of sp³-hybridized carbons (Fsp3) is 0.524. The monoisotopic (exact) mass is 1160 g/mol. The Morgan fingerprint density at radius 3 is 2.01 bits per heavy atom. The quantitative estimate of drug-likeness (QED) is 0.0393. The summed E-state index contributed by atoms with van der Waals surface area (Å²) >= 11 is 0. The number of benzene rings is 3. The third kappa shape index (κ3) is 13.4. The van der Waals surface area contributed by atoms with E-state index in [1.807, 2.05) is 6.92 Å². The second-order valence-corrected chi connectivity index (χ2v) is 23.3. The number of ketones is 3. The molecule has 0 radical (unpaired) electrons. The van der Waals surface area contributed by atoms with Gasteiger partial charge in [0.1, 0.15) is 48.1 Å². The molecule has 0 unspecified atom stereocenters. The van der Waals surface area contributed by atoms with Gasteiger partial charge in [-0.2, -0.15) is 0 Å². The van der Waals surface area contributed by atoms with Gasteiger partial charge in [-0.25, -0.2) is 9.59 Å². The summed E-state index contributed by atoms with van der Waals surface area (Å²) < 4.78 is 37.0. The average molecular weight is 1160 g/mol. The first-order chi connectivity index (χ1) is 39.7. The molecule has 4 N–H and O–H groups in total. The maximum absolute atomic E-state index is 15.8. The molecule has 0 spiro atoms. The highest BCUT2D eigenvalue weighted by Crippen LogP contribution is 2.64. The Balaban J connectivity index is 1.27.